The molecule has 1 aromatic rings. The molecule has 0 saturated heterocycles. The quantitative estimate of drug-likeness (QED) is 0.749. The fraction of sp³-hybridized carbons (Fsp3) is 0.167. The standard InChI is InChI=1S/C6H4ClF3N2/c7-2-1-12-5(6(9)10)3(8)4(2)11/h1,6H,(H2,11,12). The molecule has 0 spiro atoms. The molecule has 2 nitrogen and oxygen atoms in total. The Balaban J connectivity index is 3.27. The number of hydrogen-bond donors (Lipinski definition) is 1. The topological polar surface area (TPSA) is 38.9 Å². The van der Waals surface area contributed by atoms with Gasteiger partial charge in [0.15, 0.2) is 5.82 Å². The molecular weight excluding hydrogens is 193 g/mol. The van der Waals surface area contributed by atoms with Gasteiger partial charge in [0.05, 0.1) is 10.7 Å². The summed E-state index contributed by atoms with van der Waals surface area (Å²) in [6.07, 6.45) is -2.09. The van der Waals surface area contributed by atoms with Crippen LogP contribution in [0.25, 0.3) is 0 Å². The maximum absolute atomic E-state index is 12.8. The van der Waals surface area contributed by atoms with E-state index in [0.29, 0.717) is 0 Å². The van der Waals surface area contributed by atoms with Crippen LogP contribution in [0.1, 0.15) is 12.1 Å². The maximum Gasteiger partial charge on any atom is 0.283 e. The highest BCUT2D eigenvalue weighted by Gasteiger charge is 2.18. The van der Waals surface area contributed by atoms with Crippen molar-refractivity contribution in [3.63, 3.8) is 0 Å². The first-order valence-electron chi connectivity index (χ1n) is 2.91. The number of anilines is 1. The van der Waals surface area contributed by atoms with Crippen LogP contribution >= 0.6 is 11.6 Å². The second-order valence-electron chi connectivity index (χ2n) is 2.02. The van der Waals surface area contributed by atoms with Crippen molar-refractivity contribution in [2.45, 2.75) is 6.43 Å². The molecule has 66 valence electrons. The summed E-state index contributed by atoms with van der Waals surface area (Å²) in [6, 6.07) is 0. The monoisotopic (exact) mass is 196 g/mol. The van der Waals surface area contributed by atoms with E-state index in [0.717, 1.165) is 6.20 Å². The van der Waals surface area contributed by atoms with Gasteiger partial charge in [-0.05, 0) is 0 Å². The van der Waals surface area contributed by atoms with E-state index >= 15 is 0 Å². The number of hydrogen-bond acceptors (Lipinski definition) is 2. The van der Waals surface area contributed by atoms with E-state index in [2.05, 4.69) is 4.98 Å². The van der Waals surface area contributed by atoms with E-state index in [9.17, 15) is 13.2 Å². The second-order valence-corrected chi connectivity index (χ2v) is 2.43. The van der Waals surface area contributed by atoms with Gasteiger partial charge >= 0.3 is 0 Å². The van der Waals surface area contributed by atoms with Gasteiger partial charge in [-0.25, -0.2) is 13.2 Å². The zero-order valence-electron chi connectivity index (χ0n) is 5.69. The van der Waals surface area contributed by atoms with Crippen molar-refractivity contribution in [2.75, 3.05) is 5.73 Å². The fourth-order valence-corrected chi connectivity index (χ4v) is 0.779. The molecule has 0 aliphatic carbocycles. The summed E-state index contributed by atoms with van der Waals surface area (Å²) in [7, 11) is 0. The molecule has 0 saturated carbocycles. The third kappa shape index (κ3) is 1.45. The highest BCUT2D eigenvalue weighted by Crippen LogP contribution is 2.27. The van der Waals surface area contributed by atoms with Crippen molar-refractivity contribution >= 4 is 17.3 Å². The van der Waals surface area contributed by atoms with Gasteiger partial charge in [-0.3, -0.25) is 4.98 Å². The third-order valence-corrected chi connectivity index (χ3v) is 1.54. The molecule has 6 heteroatoms. The van der Waals surface area contributed by atoms with Crippen molar-refractivity contribution in [3.05, 3.63) is 22.7 Å². The number of nitrogens with two attached hydrogens (primary N) is 1. The molecular formula is C6H4ClF3N2. The molecule has 12 heavy (non-hydrogen) atoms. The number of nitrogens with zero attached hydrogens (tertiary/aromatic N) is 1. The van der Waals surface area contributed by atoms with Crippen LogP contribution in [0.2, 0.25) is 5.02 Å². The molecule has 0 unspecified atom stereocenters. The molecule has 2 N–H and O–H groups in total. The first kappa shape index (κ1) is 9.12. The van der Waals surface area contributed by atoms with E-state index in [1.165, 1.54) is 0 Å². The van der Waals surface area contributed by atoms with Gasteiger partial charge in [-0.1, -0.05) is 11.6 Å². The normalized spacial score (nSPS) is 10.8. The Morgan fingerprint density at radius 3 is 2.58 bits per heavy atom. The number of aromatic nitrogens is 1. The minimum absolute atomic E-state index is 0.170. The van der Waals surface area contributed by atoms with Crippen LogP contribution in [0, 0.1) is 5.82 Å². The smallest absolute Gasteiger partial charge is 0.283 e. The van der Waals surface area contributed by atoms with Gasteiger partial charge < -0.3 is 5.73 Å². The van der Waals surface area contributed by atoms with Crippen LogP contribution in [-0.4, -0.2) is 4.98 Å². The summed E-state index contributed by atoms with van der Waals surface area (Å²) in [4.78, 5) is 3.10. The largest absolute Gasteiger partial charge is 0.395 e. The molecule has 0 fully saturated rings. The molecule has 1 rings (SSSR count). The van der Waals surface area contributed by atoms with Crippen molar-refractivity contribution < 1.29 is 13.2 Å². The summed E-state index contributed by atoms with van der Waals surface area (Å²) in [5.41, 5.74) is 3.57. The molecule has 1 aromatic heterocycles. The van der Waals surface area contributed by atoms with Gasteiger partial charge in [0.2, 0.25) is 0 Å². The van der Waals surface area contributed by atoms with Crippen LogP contribution in [0.5, 0.6) is 0 Å². The van der Waals surface area contributed by atoms with Crippen molar-refractivity contribution in [1.82, 2.24) is 4.98 Å². The molecule has 0 amide bonds. The minimum atomic E-state index is -2.98. The van der Waals surface area contributed by atoms with Crippen molar-refractivity contribution in [1.29, 1.82) is 0 Å². The predicted molar refractivity (Wildman–Crippen MR) is 38.6 cm³/mol. The average Bonchev–Trinajstić information content (AvgIpc) is 2.00. The zero-order chi connectivity index (χ0) is 9.30. The van der Waals surface area contributed by atoms with E-state index in [1.807, 2.05) is 0 Å². The lowest BCUT2D eigenvalue weighted by atomic mass is 10.3. The van der Waals surface area contributed by atoms with Crippen LogP contribution in [0.15, 0.2) is 6.20 Å². The van der Waals surface area contributed by atoms with E-state index in [1.54, 1.807) is 0 Å². The molecule has 0 aliphatic rings. The Kier molecular flexibility index (Phi) is 2.42. The number of pyridine rings is 1. The number of nitrogen functional groups attached to an aromatic ring is 1. The van der Waals surface area contributed by atoms with Gasteiger partial charge in [0.1, 0.15) is 5.69 Å². The first-order valence-corrected chi connectivity index (χ1v) is 3.29. The third-order valence-electron chi connectivity index (χ3n) is 1.24. The van der Waals surface area contributed by atoms with Crippen molar-refractivity contribution in [2.24, 2.45) is 0 Å². The second kappa shape index (κ2) is 3.18. The number of rotatable bonds is 1. The van der Waals surface area contributed by atoms with Gasteiger partial charge in [0, 0.05) is 6.20 Å². The van der Waals surface area contributed by atoms with Crippen LogP contribution in [-0.2, 0) is 0 Å². The summed E-state index contributed by atoms with van der Waals surface area (Å²) in [5.74, 6) is -1.25. The lowest BCUT2D eigenvalue weighted by Crippen LogP contribution is -2.01. The molecule has 0 bridgehead atoms. The Bertz CT molecular complexity index is 303. The van der Waals surface area contributed by atoms with E-state index < -0.39 is 23.6 Å². The van der Waals surface area contributed by atoms with E-state index in [-0.39, 0.29) is 5.02 Å². The molecule has 0 aliphatic heterocycles. The summed E-state index contributed by atoms with van der Waals surface area (Å²) >= 11 is 5.32. The number of alkyl halides is 2. The molecule has 1 heterocycles. The summed E-state index contributed by atoms with van der Waals surface area (Å²) < 4.78 is 36.6. The highest BCUT2D eigenvalue weighted by molar-refractivity contribution is 6.32. The molecule has 0 radical (unpaired) electrons. The van der Waals surface area contributed by atoms with Gasteiger partial charge in [-0.2, -0.15) is 0 Å². The number of halogens is 4. The van der Waals surface area contributed by atoms with E-state index in [4.69, 9.17) is 17.3 Å². The Hall–Kier alpha value is -0.970. The lowest BCUT2D eigenvalue weighted by Gasteiger charge is -2.03. The molecule has 0 atom stereocenters. The van der Waals surface area contributed by atoms with Gasteiger partial charge in [-0.15, -0.1) is 0 Å². The minimum Gasteiger partial charge on any atom is -0.395 e. The Morgan fingerprint density at radius 2 is 2.08 bits per heavy atom. The van der Waals surface area contributed by atoms with Gasteiger partial charge in [0.25, 0.3) is 6.43 Å². The Morgan fingerprint density at radius 1 is 1.50 bits per heavy atom. The maximum atomic E-state index is 12.8. The SMILES string of the molecule is Nc1c(Cl)cnc(C(F)F)c1F. The molecule has 0 aromatic carbocycles. The fourth-order valence-electron chi connectivity index (χ4n) is 0.647. The lowest BCUT2D eigenvalue weighted by molar-refractivity contribution is 0.141. The first-order chi connectivity index (χ1) is 5.54. The summed E-state index contributed by atoms with van der Waals surface area (Å²) in [6.45, 7) is 0. The van der Waals surface area contributed by atoms with Crippen LogP contribution in [0.3, 0.4) is 0 Å². The zero-order valence-corrected chi connectivity index (χ0v) is 6.45. The van der Waals surface area contributed by atoms with Crippen molar-refractivity contribution in [3.8, 4) is 0 Å². The Labute approximate surface area is 71.2 Å². The predicted octanol–water partition coefficient (Wildman–Crippen LogP) is 2.39. The highest BCUT2D eigenvalue weighted by atomic mass is 35.5. The van der Waals surface area contributed by atoms with Crippen LogP contribution < -0.4 is 5.73 Å². The summed E-state index contributed by atoms with van der Waals surface area (Å²) in [5, 5.41) is -0.170. The average molecular weight is 197 g/mol. The van der Waals surface area contributed by atoms with Crippen LogP contribution in [0.4, 0.5) is 18.9 Å².